The highest BCUT2D eigenvalue weighted by Gasteiger charge is 2.43. The van der Waals surface area contributed by atoms with Gasteiger partial charge < -0.3 is 10.0 Å². The van der Waals surface area contributed by atoms with Gasteiger partial charge in [-0.1, -0.05) is 144 Å². The molecule has 1 N–H and O–H groups in total. The molecule has 3 aliphatic carbocycles. The Morgan fingerprint density at radius 3 is 1.84 bits per heavy atom. The van der Waals surface area contributed by atoms with Gasteiger partial charge in [-0.25, -0.2) is 0 Å². The van der Waals surface area contributed by atoms with Crippen LogP contribution in [-0.2, 0) is 16.2 Å². The fourth-order valence-corrected chi connectivity index (χ4v) is 8.94. The van der Waals surface area contributed by atoms with E-state index in [2.05, 4.69) is 185 Å². The van der Waals surface area contributed by atoms with Crippen LogP contribution in [0.25, 0.3) is 33.4 Å². The smallest absolute Gasteiger partial charge is 0.125 e. The molecule has 51 heavy (non-hydrogen) atoms. The Hall–Kier alpha value is -5.60. The van der Waals surface area contributed by atoms with Crippen LogP contribution >= 0.6 is 0 Å². The third kappa shape index (κ3) is 4.77. The van der Waals surface area contributed by atoms with Gasteiger partial charge in [-0.3, -0.25) is 0 Å². The van der Waals surface area contributed by atoms with Crippen molar-refractivity contribution in [2.75, 3.05) is 4.90 Å². The molecule has 6 aromatic rings. The van der Waals surface area contributed by atoms with Gasteiger partial charge in [0.1, 0.15) is 5.75 Å². The van der Waals surface area contributed by atoms with E-state index in [1.54, 1.807) is 0 Å². The molecule has 0 saturated carbocycles. The van der Waals surface area contributed by atoms with Crippen molar-refractivity contribution >= 4 is 11.4 Å². The van der Waals surface area contributed by atoms with Gasteiger partial charge in [0.2, 0.25) is 0 Å². The summed E-state index contributed by atoms with van der Waals surface area (Å²) in [4.78, 5) is 2.31. The topological polar surface area (TPSA) is 23.5 Å². The zero-order chi connectivity index (χ0) is 35.1. The zero-order valence-corrected chi connectivity index (χ0v) is 30.0. The maximum Gasteiger partial charge on any atom is 0.125 e. The van der Waals surface area contributed by atoms with Crippen molar-refractivity contribution in [3.8, 4) is 39.1 Å². The molecule has 0 bridgehead atoms. The van der Waals surface area contributed by atoms with Gasteiger partial charge in [0, 0.05) is 39.3 Å². The molecule has 0 spiro atoms. The Morgan fingerprint density at radius 2 is 1.14 bits per heavy atom. The van der Waals surface area contributed by atoms with Crippen LogP contribution in [0.1, 0.15) is 68.9 Å². The third-order valence-corrected chi connectivity index (χ3v) is 12.0. The molecule has 2 nitrogen and oxygen atoms in total. The van der Waals surface area contributed by atoms with E-state index in [0.29, 0.717) is 5.75 Å². The van der Waals surface area contributed by atoms with Crippen LogP contribution in [0.4, 0.5) is 11.4 Å². The summed E-state index contributed by atoms with van der Waals surface area (Å²) in [6.07, 6.45) is 7.83. The predicted octanol–water partition coefficient (Wildman–Crippen LogP) is 12.6. The van der Waals surface area contributed by atoms with E-state index in [9.17, 15) is 5.11 Å². The lowest BCUT2D eigenvalue weighted by atomic mass is 9.77. The van der Waals surface area contributed by atoms with Crippen LogP contribution in [0, 0.1) is 0 Å². The number of hydrogen-bond donors (Lipinski definition) is 1. The number of anilines is 2. The molecule has 9 rings (SSSR count). The van der Waals surface area contributed by atoms with E-state index in [0.717, 1.165) is 40.2 Å². The van der Waals surface area contributed by atoms with Crippen LogP contribution in [-0.4, -0.2) is 5.11 Å². The molecule has 3 aliphatic rings. The number of nitrogens with zero attached hydrogens (tertiary/aromatic N) is 1. The van der Waals surface area contributed by atoms with Gasteiger partial charge in [-0.05, 0) is 98.5 Å². The van der Waals surface area contributed by atoms with Crippen molar-refractivity contribution in [1.29, 1.82) is 0 Å². The van der Waals surface area contributed by atoms with Crippen molar-refractivity contribution in [2.24, 2.45) is 0 Å². The molecule has 0 aromatic heterocycles. The molecule has 250 valence electrons. The minimum atomic E-state index is -0.305. The van der Waals surface area contributed by atoms with Crippen LogP contribution in [0.2, 0.25) is 0 Å². The monoisotopic (exact) mass is 661 g/mol. The van der Waals surface area contributed by atoms with Gasteiger partial charge in [-0.15, -0.1) is 0 Å². The summed E-state index contributed by atoms with van der Waals surface area (Å²) in [6, 6.07) is 48.0. The van der Waals surface area contributed by atoms with E-state index in [1.165, 1.54) is 44.5 Å². The SMILES string of the molecule is CC1(c2ccccc2)C=CC(N(c2ccc(-c3ccccc3)cc2)c2cc(O)c3c(c2)C(C)(C)c2cc4c(cc2-3)C(C)(C)c2ccccc2-4)=CC1. The summed E-state index contributed by atoms with van der Waals surface area (Å²) in [5, 5.41) is 12.1. The number of phenols is 1. The van der Waals surface area contributed by atoms with E-state index >= 15 is 0 Å². The van der Waals surface area contributed by atoms with E-state index in [1.807, 2.05) is 6.07 Å². The first-order chi connectivity index (χ1) is 24.6. The number of aromatic hydroxyl groups is 1. The fourth-order valence-electron chi connectivity index (χ4n) is 8.94. The lowest BCUT2D eigenvalue weighted by molar-refractivity contribution is 0.476. The summed E-state index contributed by atoms with van der Waals surface area (Å²) >= 11 is 0. The number of allylic oxidation sites excluding steroid dienone is 3. The maximum absolute atomic E-state index is 12.1. The second kappa shape index (κ2) is 11.2. The Labute approximate surface area is 302 Å². The van der Waals surface area contributed by atoms with Crippen molar-refractivity contribution in [3.63, 3.8) is 0 Å². The Morgan fingerprint density at radius 1 is 0.529 bits per heavy atom. The van der Waals surface area contributed by atoms with Crippen molar-refractivity contribution in [1.82, 2.24) is 0 Å². The standard InChI is InChI=1S/C49H43NO/c1-47(2)41-19-13-12-18-38(41)39-30-43-40(31-42(39)47)46-44(48(43,3)4)28-37(29-45(46)51)50(35-22-20-33(21-23-35)32-14-8-6-9-15-32)36-24-26-49(5,27-25-36)34-16-10-7-11-17-34/h6-26,28-31,51H,27H2,1-5H3. The third-order valence-electron chi connectivity index (χ3n) is 12.0. The molecule has 6 aromatic carbocycles. The van der Waals surface area contributed by atoms with Gasteiger partial charge in [-0.2, -0.15) is 0 Å². The second-order valence-corrected chi connectivity index (χ2v) is 15.8. The lowest BCUT2D eigenvalue weighted by Crippen LogP contribution is -2.24. The number of fused-ring (bicyclic) bond motifs is 6. The van der Waals surface area contributed by atoms with E-state index in [4.69, 9.17) is 0 Å². The number of rotatable bonds is 5. The van der Waals surface area contributed by atoms with E-state index in [-0.39, 0.29) is 16.2 Å². The maximum atomic E-state index is 12.1. The Kier molecular flexibility index (Phi) is 6.89. The molecule has 2 heteroatoms. The first-order valence-corrected chi connectivity index (χ1v) is 18.1. The van der Waals surface area contributed by atoms with Crippen LogP contribution in [0.5, 0.6) is 5.75 Å². The fraction of sp³-hybridized carbons (Fsp3) is 0.184. The average Bonchev–Trinajstić information content (AvgIpc) is 3.52. The molecular formula is C49H43NO. The van der Waals surface area contributed by atoms with Crippen LogP contribution < -0.4 is 4.90 Å². The van der Waals surface area contributed by atoms with Gasteiger partial charge in [0.15, 0.2) is 0 Å². The molecule has 0 saturated heterocycles. The number of phenolic OH excluding ortho intramolecular Hbond substituents is 1. The summed E-state index contributed by atoms with van der Waals surface area (Å²) in [6.45, 7) is 11.6. The molecule has 1 unspecified atom stereocenters. The quantitative estimate of drug-likeness (QED) is 0.199. The highest BCUT2D eigenvalue weighted by Crippen LogP contribution is 2.58. The summed E-state index contributed by atoms with van der Waals surface area (Å²) < 4.78 is 0. The number of benzene rings is 6. The molecular weight excluding hydrogens is 619 g/mol. The summed E-state index contributed by atoms with van der Waals surface area (Å²) in [7, 11) is 0. The Balaban J connectivity index is 1.17. The molecule has 0 fully saturated rings. The van der Waals surface area contributed by atoms with Crippen molar-refractivity contribution in [3.05, 3.63) is 185 Å². The molecule has 0 aliphatic heterocycles. The largest absolute Gasteiger partial charge is 0.507 e. The molecule has 0 heterocycles. The molecule has 0 radical (unpaired) electrons. The molecule has 0 amide bonds. The highest BCUT2D eigenvalue weighted by molar-refractivity contribution is 5.93. The van der Waals surface area contributed by atoms with E-state index < -0.39 is 0 Å². The van der Waals surface area contributed by atoms with Gasteiger partial charge in [0.25, 0.3) is 0 Å². The first-order valence-electron chi connectivity index (χ1n) is 18.1. The van der Waals surface area contributed by atoms with Crippen molar-refractivity contribution < 1.29 is 5.11 Å². The zero-order valence-electron chi connectivity index (χ0n) is 30.0. The van der Waals surface area contributed by atoms with Gasteiger partial charge in [0.05, 0.1) is 5.69 Å². The van der Waals surface area contributed by atoms with Crippen LogP contribution in [0.15, 0.2) is 157 Å². The Bertz CT molecular complexity index is 2400. The average molecular weight is 662 g/mol. The van der Waals surface area contributed by atoms with Gasteiger partial charge >= 0.3 is 0 Å². The molecule has 1 atom stereocenters. The number of hydrogen-bond acceptors (Lipinski definition) is 2. The van der Waals surface area contributed by atoms with Crippen LogP contribution in [0.3, 0.4) is 0 Å². The summed E-state index contributed by atoms with van der Waals surface area (Å²) in [5.74, 6) is 0.322. The highest BCUT2D eigenvalue weighted by atomic mass is 16.3. The normalized spacial score (nSPS) is 18.7. The predicted molar refractivity (Wildman–Crippen MR) is 213 cm³/mol. The first kappa shape index (κ1) is 31.4. The van der Waals surface area contributed by atoms with Crippen molar-refractivity contribution in [2.45, 2.75) is 57.3 Å². The minimum Gasteiger partial charge on any atom is -0.507 e. The summed E-state index contributed by atoms with van der Waals surface area (Å²) in [5.41, 5.74) is 16.1. The minimum absolute atomic E-state index is 0.0932. The lowest BCUT2D eigenvalue weighted by Gasteiger charge is -2.34. The second-order valence-electron chi connectivity index (χ2n) is 15.8.